The van der Waals surface area contributed by atoms with Crippen molar-refractivity contribution in [3.05, 3.63) is 54.1 Å². The first kappa shape index (κ1) is 16.2. The number of hydrogen-bond acceptors (Lipinski definition) is 3. The van der Waals surface area contributed by atoms with E-state index in [1.54, 1.807) is 30.3 Å². The molecule has 0 radical (unpaired) electrons. The summed E-state index contributed by atoms with van der Waals surface area (Å²) in [6, 6.07) is 8.19. The molecular formula is C16H21FN4O. The van der Waals surface area contributed by atoms with Gasteiger partial charge in [-0.15, -0.1) is 0 Å². The molecule has 1 atom stereocenters. The van der Waals surface area contributed by atoms with Crippen molar-refractivity contribution in [2.75, 3.05) is 13.6 Å². The number of hydrogen-bond donors (Lipinski definition) is 1. The van der Waals surface area contributed by atoms with E-state index in [1.807, 2.05) is 23.9 Å². The maximum Gasteiger partial charge on any atom is 0.236 e. The number of nitrogens with one attached hydrogen (secondary N) is 1. The van der Waals surface area contributed by atoms with E-state index in [1.165, 1.54) is 12.1 Å². The Hall–Kier alpha value is -2.21. The quantitative estimate of drug-likeness (QED) is 0.846. The number of likely N-dealkylation sites (N-methyl/N-ethyl adjacent to an activating group) is 1. The predicted molar refractivity (Wildman–Crippen MR) is 82.6 cm³/mol. The molecule has 6 heteroatoms. The Morgan fingerprint density at radius 3 is 2.77 bits per heavy atom. The van der Waals surface area contributed by atoms with Crippen molar-refractivity contribution in [3.8, 4) is 0 Å². The third-order valence-electron chi connectivity index (χ3n) is 3.38. The van der Waals surface area contributed by atoms with Gasteiger partial charge >= 0.3 is 0 Å². The second kappa shape index (κ2) is 7.70. The summed E-state index contributed by atoms with van der Waals surface area (Å²) < 4.78 is 14.7. The SMILES string of the molecule is C[C@@H](Cn1cccn1)NCC(=O)N(C)Cc1ccc(F)cc1. The Labute approximate surface area is 129 Å². The van der Waals surface area contributed by atoms with Crippen molar-refractivity contribution in [1.82, 2.24) is 20.0 Å². The highest BCUT2D eigenvalue weighted by atomic mass is 19.1. The summed E-state index contributed by atoms with van der Waals surface area (Å²) in [6.07, 6.45) is 3.62. The highest BCUT2D eigenvalue weighted by molar-refractivity contribution is 5.78. The van der Waals surface area contributed by atoms with Crippen molar-refractivity contribution < 1.29 is 9.18 Å². The van der Waals surface area contributed by atoms with Gasteiger partial charge in [0.15, 0.2) is 0 Å². The van der Waals surface area contributed by atoms with E-state index in [4.69, 9.17) is 0 Å². The number of aromatic nitrogens is 2. The summed E-state index contributed by atoms with van der Waals surface area (Å²) in [5.74, 6) is -0.275. The minimum absolute atomic E-state index is 0.00311. The minimum atomic E-state index is -0.271. The van der Waals surface area contributed by atoms with Gasteiger partial charge in [-0.3, -0.25) is 9.48 Å². The third-order valence-corrected chi connectivity index (χ3v) is 3.38. The topological polar surface area (TPSA) is 50.2 Å². The molecule has 0 fully saturated rings. The lowest BCUT2D eigenvalue weighted by Gasteiger charge is -2.19. The summed E-state index contributed by atoms with van der Waals surface area (Å²) in [4.78, 5) is 13.7. The van der Waals surface area contributed by atoms with E-state index in [9.17, 15) is 9.18 Å². The molecule has 0 spiro atoms. The van der Waals surface area contributed by atoms with Crippen LogP contribution >= 0.6 is 0 Å². The molecule has 1 aromatic carbocycles. The van der Waals surface area contributed by atoms with Crippen LogP contribution in [-0.4, -0.2) is 40.2 Å². The summed E-state index contributed by atoms with van der Waals surface area (Å²) in [6.45, 7) is 3.45. The second-order valence-corrected chi connectivity index (χ2v) is 5.39. The molecule has 0 aliphatic rings. The van der Waals surface area contributed by atoms with Crippen LogP contribution in [0.25, 0.3) is 0 Å². The molecular weight excluding hydrogens is 283 g/mol. The lowest BCUT2D eigenvalue weighted by Crippen LogP contribution is -2.40. The van der Waals surface area contributed by atoms with Crippen molar-refractivity contribution in [2.24, 2.45) is 0 Å². The molecule has 0 bridgehead atoms. The van der Waals surface area contributed by atoms with Gasteiger partial charge in [-0.1, -0.05) is 12.1 Å². The van der Waals surface area contributed by atoms with E-state index < -0.39 is 0 Å². The first-order chi connectivity index (χ1) is 10.5. The standard InChI is InChI=1S/C16H21FN4O/c1-13(11-21-9-3-8-19-21)18-10-16(22)20(2)12-14-4-6-15(17)7-5-14/h3-9,13,18H,10-12H2,1-2H3/t13-/m0/s1. The van der Waals surface area contributed by atoms with E-state index >= 15 is 0 Å². The molecule has 1 heterocycles. The Morgan fingerprint density at radius 2 is 2.14 bits per heavy atom. The van der Waals surface area contributed by atoms with Crippen LogP contribution in [0.15, 0.2) is 42.7 Å². The van der Waals surface area contributed by atoms with Crippen LogP contribution in [0, 0.1) is 5.82 Å². The zero-order valence-electron chi connectivity index (χ0n) is 12.9. The minimum Gasteiger partial charge on any atom is -0.340 e. The van der Waals surface area contributed by atoms with E-state index in [0.717, 1.165) is 5.56 Å². The number of carbonyl (C=O) groups is 1. The average Bonchev–Trinajstić information content (AvgIpc) is 3.00. The third kappa shape index (κ3) is 4.96. The van der Waals surface area contributed by atoms with Crippen LogP contribution in [0.3, 0.4) is 0 Å². The second-order valence-electron chi connectivity index (χ2n) is 5.39. The van der Waals surface area contributed by atoms with Gasteiger partial charge in [-0.05, 0) is 30.7 Å². The average molecular weight is 304 g/mol. The summed E-state index contributed by atoms with van der Waals surface area (Å²) in [7, 11) is 1.74. The Morgan fingerprint density at radius 1 is 1.41 bits per heavy atom. The van der Waals surface area contributed by atoms with Gasteiger partial charge in [-0.2, -0.15) is 5.10 Å². The van der Waals surface area contributed by atoms with E-state index in [2.05, 4.69) is 10.4 Å². The maximum atomic E-state index is 12.9. The molecule has 1 N–H and O–H groups in total. The molecule has 0 saturated carbocycles. The predicted octanol–water partition coefficient (Wildman–Crippen LogP) is 1.66. The molecule has 118 valence electrons. The highest BCUT2D eigenvalue weighted by Gasteiger charge is 2.11. The van der Waals surface area contributed by atoms with Crippen LogP contribution in [0.4, 0.5) is 4.39 Å². The summed E-state index contributed by atoms with van der Waals surface area (Å²) >= 11 is 0. The Bertz CT molecular complexity index is 583. The first-order valence-corrected chi connectivity index (χ1v) is 7.24. The molecule has 1 amide bonds. The zero-order valence-corrected chi connectivity index (χ0v) is 12.9. The fraction of sp³-hybridized carbons (Fsp3) is 0.375. The number of nitrogens with zero attached hydrogens (tertiary/aromatic N) is 3. The molecule has 2 rings (SSSR count). The van der Waals surface area contributed by atoms with Crippen molar-refractivity contribution in [3.63, 3.8) is 0 Å². The molecule has 22 heavy (non-hydrogen) atoms. The van der Waals surface area contributed by atoms with Crippen LogP contribution < -0.4 is 5.32 Å². The van der Waals surface area contributed by atoms with Crippen molar-refractivity contribution in [2.45, 2.75) is 26.1 Å². The lowest BCUT2D eigenvalue weighted by atomic mass is 10.2. The molecule has 0 aliphatic carbocycles. The number of carbonyl (C=O) groups excluding carboxylic acids is 1. The zero-order chi connectivity index (χ0) is 15.9. The lowest BCUT2D eigenvalue weighted by molar-refractivity contribution is -0.129. The maximum absolute atomic E-state index is 12.9. The highest BCUT2D eigenvalue weighted by Crippen LogP contribution is 2.05. The number of rotatable bonds is 7. The summed E-state index contributed by atoms with van der Waals surface area (Å²) in [5.41, 5.74) is 0.904. The van der Waals surface area contributed by atoms with E-state index in [0.29, 0.717) is 13.1 Å². The van der Waals surface area contributed by atoms with Crippen molar-refractivity contribution >= 4 is 5.91 Å². The number of amides is 1. The van der Waals surface area contributed by atoms with E-state index in [-0.39, 0.29) is 24.3 Å². The summed E-state index contributed by atoms with van der Waals surface area (Å²) in [5, 5.41) is 7.32. The van der Waals surface area contributed by atoms with Crippen LogP contribution in [0.2, 0.25) is 0 Å². The normalized spacial score (nSPS) is 12.1. The van der Waals surface area contributed by atoms with Crippen LogP contribution in [0.5, 0.6) is 0 Å². The Balaban J connectivity index is 1.75. The van der Waals surface area contributed by atoms with Gasteiger partial charge < -0.3 is 10.2 Å². The fourth-order valence-corrected chi connectivity index (χ4v) is 2.10. The monoisotopic (exact) mass is 304 g/mol. The van der Waals surface area contributed by atoms with Gasteiger partial charge in [-0.25, -0.2) is 4.39 Å². The van der Waals surface area contributed by atoms with Crippen LogP contribution in [0.1, 0.15) is 12.5 Å². The van der Waals surface area contributed by atoms with Gasteiger partial charge in [0, 0.05) is 32.0 Å². The molecule has 0 aliphatic heterocycles. The van der Waals surface area contributed by atoms with Crippen molar-refractivity contribution in [1.29, 1.82) is 0 Å². The fourth-order valence-electron chi connectivity index (χ4n) is 2.10. The molecule has 5 nitrogen and oxygen atoms in total. The smallest absolute Gasteiger partial charge is 0.236 e. The Kier molecular flexibility index (Phi) is 5.66. The van der Waals surface area contributed by atoms with Crippen LogP contribution in [-0.2, 0) is 17.9 Å². The van der Waals surface area contributed by atoms with Gasteiger partial charge in [0.05, 0.1) is 13.1 Å². The molecule has 1 aromatic heterocycles. The molecule has 2 aromatic rings. The molecule has 0 saturated heterocycles. The number of halogens is 1. The first-order valence-electron chi connectivity index (χ1n) is 7.24. The molecule has 0 unspecified atom stereocenters. The van der Waals surface area contributed by atoms with Gasteiger partial charge in [0.2, 0.25) is 5.91 Å². The van der Waals surface area contributed by atoms with Gasteiger partial charge in [0.25, 0.3) is 0 Å². The largest absolute Gasteiger partial charge is 0.340 e. The number of benzene rings is 1. The van der Waals surface area contributed by atoms with Gasteiger partial charge in [0.1, 0.15) is 5.82 Å².